The normalized spacial score (nSPS) is 25.8. The van der Waals surface area contributed by atoms with E-state index in [1.165, 1.54) is 6.20 Å². The average Bonchev–Trinajstić information content (AvgIpc) is 3.37. The maximum atomic E-state index is 15.2. The highest BCUT2D eigenvalue weighted by molar-refractivity contribution is 5.73. The van der Waals surface area contributed by atoms with Crippen molar-refractivity contribution >= 4 is 5.95 Å². The van der Waals surface area contributed by atoms with Crippen molar-refractivity contribution in [1.82, 2.24) is 30.3 Å². The van der Waals surface area contributed by atoms with Crippen LogP contribution in [-0.2, 0) is 7.05 Å². The van der Waals surface area contributed by atoms with Gasteiger partial charge in [-0.1, -0.05) is 6.07 Å². The first kappa shape index (κ1) is 20.5. The Kier molecular flexibility index (Phi) is 4.62. The van der Waals surface area contributed by atoms with Crippen LogP contribution < -0.4 is 10.2 Å². The van der Waals surface area contributed by atoms with Gasteiger partial charge in [0.05, 0.1) is 24.5 Å². The first-order valence-electron chi connectivity index (χ1n) is 11.3. The Labute approximate surface area is 189 Å². The third-order valence-corrected chi connectivity index (χ3v) is 7.03. The van der Waals surface area contributed by atoms with Gasteiger partial charge in [-0.15, -0.1) is 10.2 Å². The van der Waals surface area contributed by atoms with Gasteiger partial charge in [0.2, 0.25) is 5.95 Å². The fraction of sp³-hybridized carbons (Fsp3) is 0.478. The molecule has 1 aliphatic carbocycles. The Morgan fingerprint density at radius 1 is 1.12 bits per heavy atom. The van der Waals surface area contributed by atoms with Gasteiger partial charge in [0, 0.05) is 36.5 Å². The number of phenols is 1. The predicted octanol–water partition coefficient (Wildman–Crippen LogP) is 3.14. The molecule has 3 aliphatic rings. The van der Waals surface area contributed by atoms with Crippen LogP contribution in [0, 0.1) is 0 Å². The van der Waals surface area contributed by atoms with Crippen LogP contribution in [0.1, 0.15) is 32.1 Å². The molecule has 172 valence electrons. The lowest BCUT2D eigenvalue weighted by atomic mass is 9.93. The molecule has 10 heteroatoms. The molecule has 2 aromatic heterocycles. The topological polar surface area (TPSA) is 92.0 Å². The van der Waals surface area contributed by atoms with E-state index in [4.69, 9.17) is 0 Å². The first-order chi connectivity index (χ1) is 15.9. The van der Waals surface area contributed by atoms with E-state index >= 15 is 8.78 Å². The van der Waals surface area contributed by atoms with Crippen LogP contribution in [0.2, 0.25) is 0 Å². The summed E-state index contributed by atoms with van der Waals surface area (Å²) >= 11 is 0. The van der Waals surface area contributed by atoms with Crippen molar-refractivity contribution in [3.63, 3.8) is 0 Å². The van der Waals surface area contributed by atoms with Gasteiger partial charge in [0.25, 0.3) is 5.92 Å². The molecular formula is C23H25F2N7O. The first-order valence-corrected chi connectivity index (χ1v) is 11.3. The van der Waals surface area contributed by atoms with Gasteiger partial charge >= 0.3 is 0 Å². The number of fused-ring (bicyclic) bond motifs is 2. The Hall–Kier alpha value is -3.14. The number of piperidine rings is 1. The van der Waals surface area contributed by atoms with Crippen LogP contribution in [-0.4, -0.2) is 60.2 Å². The number of hydrogen-bond acceptors (Lipinski definition) is 7. The molecule has 0 radical (unpaired) electrons. The summed E-state index contributed by atoms with van der Waals surface area (Å²) in [6.07, 6.45) is 8.46. The number of aryl methyl sites for hydroxylation is 1. The highest BCUT2D eigenvalue weighted by atomic mass is 19.3. The zero-order valence-electron chi connectivity index (χ0n) is 18.2. The van der Waals surface area contributed by atoms with Crippen LogP contribution >= 0.6 is 0 Å². The number of anilines is 1. The molecule has 2 aliphatic heterocycles. The molecule has 0 spiro atoms. The lowest BCUT2D eigenvalue weighted by molar-refractivity contribution is -0.0745. The standard InChI is InChI=1S/C23H25F2N7O/c1-31-12-14(10-27-31)13-2-6-17(19(33)8-13)18-11-26-22(30-29-18)32(16-4-5-16)21-9-15-3-7-20(28-15)23(21,24)25/h2,6,8,10-12,15-16,20-21,28,33H,3-5,7,9H2,1H3/t15-,20-,21+/m0/s1. The summed E-state index contributed by atoms with van der Waals surface area (Å²) in [6.45, 7) is 0. The van der Waals surface area contributed by atoms with Crippen LogP contribution in [0.5, 0.6) is 5.75 Å². The average molecular weight is 453 g/mol. The third-order valence-electron chi connectivity index (χ3n) is 7.03. The number of halogens is 2. The number of aromatic nitrogens is 5. The van der Waals surface area contributed by atoms with Gasteiger partial charge < -0.3 is 15.3 Å². The van der Waals surface area contributed by atoms with E-state index in [0.29, 0.717) is 24.1 Å². The number of nitrogens with one attached hydrogen (secondary N) is 1. The van der Waals surface area contributed by atoms with Gasteiger partial charge in [-0.25, -0.2) is 13.8 Å². The monoisotopic (exact) mass is 453 g/mol. The fourth-order valence-corrected chi connectivity index (χ4v) is 5.19. The van der Waals surface area contributed by atoms with E-state index < -0.39 is 18.0 Å². The van der Waals surface area contributed by atoms with E-state index in [1.54, 1.807) is 27.9 Å². The van der Waals surface area contributed by atoms with Gasteiger partial charge in [-0.2, -0.15) is 5.10 Å². The smallest absolute Gasteiger partial charge is 0.283 e. The number of benzene rings is 1. The molecule has 33 heavy (non-hydrogen) atoms. The number of phenolic OH excluding ortho intramolecular Hbond substituents is 1. The number of aromatic hydroxyl groups is 1. The SMILES string of the molecule is Cn1cc(-c2ccc(-c3cnc(N(C4CC4)[C@@H]4C[C@@H]5CC[C@H](N5)C4(F)F)nn3)c(O)c2)cn1. The molecule has 3 aromatic rings. The highest BCUT2D eigenvalue weighted by Crippen LogP contribution is 2.45. The molecular weight excluding hydrogens is 428 g/mol. The Balaban J connectivity index is 1.28. The van der Waals surface area contributed by atoms with Crippen molar-refractivity contribution in [3.8, 4) is 28.1 Å². The summed E-state index contributed by atoms with van der Waals surface area (Å²) in [7, 11) is 1.83. The minimum absolute atomic E-state index is 0.0261. The maximum Gasteiger partial charge on any atom is 0.283 e. The van der Waals surface area contributed by atoms with Crippen LogP contribution in [0.4, 0.5) is 14.7 Å². The van der Waals surface area contributed by atoms with E-state index in [9.17, 15) is 5.11 Å². The second-order valence-corrected chi connectivity index (χ2v) is 9.34. The summed E-state index contributed by atoms with van der Waals surface area (Å²) in [6, 6.07) is 3.68. The predicted molar refractivity (Wildman–Crippen MR) is 118 cm³/mol. The molecule has 4 heterocycles. The molecule has 1 saturated carbocycles. The van der Waals surface area contributed by atoms with Crippen molar-refractivity contribution in [1.29, 1.82) is 0 Å². The summed E-state index contributed by atoms with van der Waals surface area (Å²) < 4.78 is 32.2. The van der Waals surface area contributed by atoms with Gasteiger partial charge in [0.15, 0.2) is 0 Å². The molecule has 0 unspecified atom stereocenters. The summed E-state index contributed by atoms with van der Waals surface area (Å²) in [5, 5.41) is 26.3. The van der Waals surface area contributed by atoms with Gasteiger partial charge in [-0.05, 0) is 49.8 Å². The number of alkyl halides is 2. The largest absolute Gasteiger partial charge is 0.507 e. The second-order valence-electron chi connectivity index (χ2n) is 9.34. The third kappa shape index (κ3) is 3.52. The lowest BCUT2D eigenvalue weighted by Crippen LogP contribution is -2.63. The molecule has 2 N–H and O–H groups in total. The second kappa shape index (κ2) is 7.44. The molecule has 3 fully saturated rings. The van der Waals surface area contributed by atoms with E-state index in [0.717, 1.165) is 30.4 Å². The Morgan fingerprint density at radius 2 is 1.97 bits per heavy atom. The molecule has 6 rings (SSSR count). The van der Waals surface area contributed by atoms with Crippen molar-refractivity contribution in [2.45, 2.75) is 62.2 Å². The van der Waals surface area contributed by atoms with Crippen molar-refractivity contribution in [2.24, 2.45) is 7.05 Å². The van der Waals surface area contributed by atoms with E-state index in [2.05, 4.69) is 25.6 Å². The van der Waals surface area contributed by atoms with Crippen molar-refractivity contribution in [3.05, 3.63) is 36.8 Å². The van der Waals surface area contributed by atoms with Gasteiger partial charge in [-0.3, -0.25) is 4.68 Å². The summed E-state index contributed by atoms with van der Waals surface area (Å²) in [5.74, 6) is -2.57. The van der Waals surface area contributed by atoms with E-state index in [1.807, 2.05) is 19.3 Å². The van der Waals surface area contributed by atoms with Crippen LogP contribution in [0.3, 0.4) is 0 Å². The Morgan fingerprint density at radius 3 is 2.64 bits per heavy atom. The molecule has 2 bridgehead atoms. The highest BCUT2D eigenvalue weighted by Gasteiger charge is 2.58. The zero-order chi connectivity index (χ0) is 22.7. The van der Waals surface area contributed by atoms with Gasteiger partial charge in [0.1, 0.15) is 11.4 Å². The number of rotatable bonds is 5. The number of hydrogen-bond donors (Lipinski definition) is 2. The Bertz CT molecular complexity index is 1180. The molecule has 3 atom stereocenters. The van der Waals surface area contributed by atoms with Crippen molar-refractivity contribution in [2.75, 3.05) is 4.90 Å². The van der Waals surface area contributed by atoms with E-state index in [-0.39, 0.29) is 23.8 Å². The van der Waals surface area contributed by atoms with Crippen LogP contribution in [0.15, 0.2) is 36.8 Å². The molecule has 0 amide bonds. The molecule has 2 saturated heterocycles. The molecule has 8 nitrogen and oxygen atoms in total. The summed E-state index contributed by atoms with van der Waals surface area (Å²) in [5.41, 5.74) is 2.58. The zero-order valence-corrected chi connectivity index (χ0v) is 18.2. The summed E-state index contributed by atoms with van der Waals surface area (Å²) in [4.78, 5) is 6.13. The quantitative estimate of drug-likeness (QED) is 0.613. The minimum Gasteiger partial charge on any atom is -0.507 e. The minimum atomic E-state index is -2.85. The molecule has 1 aromatic carbocycles. The van der Waals surface area contributed by atoms with Crippen LogP contribution in [0.25, 0.3) is 22.4 Å². The van der Waals surface area contributed by atoms with Crippen molar-refractivity contribution < 1.29 is 13.9 Å². The number of nitrogens with zero attached hydrogens (tertiary/aromatic N) is 6. The lowest BCUT2D eigenvalue weighted by Gasteiger charge is -2.43. The fourth-order valence-electron chi connectivity index (χ4n) is 5.19. The maximum absolute atomic E-state index is 15.2.